The maximum absolute atomic E-state index is 13.5. The van der Waals surface area contributed by atoms with Crippen LogP contribution in [0.3, 0.4) is 0 Å². The molecule has 4 heterocycles. The Kier molecular flexibility index (Phi) is 6.39. The molecule has 7 aliphatic rings. The van der Waals surface area contributed by atoms with E-state index in [-0.39, 0.29) is 60.6 Å². The fraction of sp³-hybridized carbons (Fsp3) is 0.900. The van der Waals surface area contributed by atoms with Crippen LogP contribution in [0.25, 0.3) is 0 Å². The van der Waals surface area contributed by atoms with E-state index in [1.165, 1.54) is 13.8 Å². The van der Waals surface area contributed by atoms with Gasteiger partial charge < -0.3 is 33.2 Å². The van der Waals surface area contributed by atoms with E-state index in [2.05, 4.69) is 25.7 Å². The highest BCUT2D eigenvalue weighted by Crippen LogP contribution is 2.83. The molecule has 7 fully saturated rings. The largest absolute Gasteiger partial charge is 0.466 e. The number of morpholine rings is 1. The summed E-state index contributed by atoms with van der Waals surface area (Å²) in [6.45, 7) is 13.4. The third-order valence-corrected chi connectivity index (χ3v) is 11.7. The lowest BCUT2D eigenvalue weighted by Crippen LogP contribution is -2.71. The smallest absolute Gasteiger partial charge is 0.309 e. The maximum atomic E-state index is 13.5. The van der Waals surface area contributed by atoms with Gasteiger partial charge in [-0.3, -0.25) is 19.3 Å². The van der Waals surface area contributed by atoms with Crippen LogP contribution in [-0.4, -0.2) is 110 Å². The molecule has 0 aromatic carbocycles. The van der Waals surface area contributed by atoms with Crippen molar-refractivity contribution in [1.82, 2.24) is 4.90 Å². The summed E-state index contributed by atoms with van der Waals surface area (Å²) in [6.07, 6.45) is 0.871. The summed E-state index contributed by atoms with van der Waals surface area (Å²) in [5, 5.41) is 0. The number of epoxide rings is 3. The zero-order chi connectivity index (χ0) is 28.9. The lowest BCUT2D eigenvalue weighted by molar-refractivity contribution is -0.181. The van der Waals surface area contributed by atoms with Gasteiger partial charge in [0, 0.05) is 44.8 Å². The number of carbonyl (C=O) groups is 3. The zero-order valence-corrected chi connectivity index (χ0v) is 24.7. The molecular formula is C30H43NO10. The van der Waals surface area contributed by atoms with Gasteiger partial charge in [-0.1, -0.05) is 20.8 Å². The molecule has 0 bridgehead atoms. The molecule has 4 saturated heterocycles. The average Bonchev–Trinajstić information content (AvgIpc) is 3.81. The van der Waals surface area contributed by atoms with E-state index in [0.29, 0.717) is 39.2 Å². The maximum Gasteiger partial charge on any atom is 0.309 e. The normalized spacial score (nSPS) is 48.9. The van der Waals surface area contributed by atoms with Gasteiger partial charge in [0.1, 0.15) is 30.0 Å². The molecule has 4 aliphatic heterocycles. The second-order valence-corrected chi connectivity index (χ2v) is 13.7. The molecule has 0 amide bonds. The summed E-state index contributed by atoms with van der Waals surface area (Å²) in [5.41, 5.74) is -2.48. The molecule has 3 aliphatic carbocycles. The highest BCUT2D eigenvalue weighted by molar-refractivity contribution is 5.73. The van der Waals surface area contributed by atoms with E-state index in [4.69, 9.17) is 33.2 Å². The highest BCUT2D eigenvalue weighted by atomic mass is 16.8. The fourth-order valence-corrected chi connectivity index (χ4v) is 9.66. The summed E-state index contributed by atoms with van der Waals surface area (Å²) in [5.74, 6) is -1.49. The van der Waals surface area contributed by atoms with E-state index in [1.807, 2.05) is 0 Å². The molecule has 0 N–H and O–H groups in total. The quantitative estimate of drug-likeness (QED) is 0.236. The number of esters is 3. The van der Waals surface area contributed by atoms with Crippen LogP contribution in [0.1, 0.15) is 53.9 Å². The number of fused-ring (bicyclic) bond motifs is 3. The van der Waals surface area contributed by atoms with Crippen molar-refractivity contribution in [3.8, 4) is 0 Å². The van der Waals surface area contributed by atoms with E-state index < -0.39 is 34.2 Å². The SMILES string of the molecule is CC(=O)OCC1C(C(=O)OCCN2CCOCC2)CC[C@@]2(C)C1C[C@@H]1O[C@@]13[C@H](OC(C)=O)[C@@]1(C(C)C)O[C@H]1[C@@H]1O[C@@]132. The third kappa shape index (κ3) is 3.71. The van der Waals surface area contributed by atoms with Crippen LogP contribution < -0.4 is 0 Å². The molecule has 228 valence electrons. The minimum atomic E-state index is -0.774. The Balaban J connectivity index is 1.15. The van der Waals surface area contributed by atoms with Gasteiger partial charge in [0.25, 0.3) is 0 Å². The number of hydrogen-bond donors (Lipinski definition) is 0. The highest BCUT2D eigenvalue weighted by Gasteiger charge is 3.01. The predicted octanol–water partition coefficient (Wildman–Crippen LogP) is 1.49. The number of rotatable bonds is 8. The minimum Gasteiger partial charge on any atom is -0.466 e. The van der Waals surface area contributed by atoms with Gasteiger partial charge in [0.05, 0.1) is 31.8 Å². The molecule has 2 spiro atoms. The molecule has 11 nitrogen and oxygen atoms in total. The molecule has 0 aromatic rings. The van der Waals surface area contributed by atoms with Gasteiger partial charge in [-0.2, -0.15) is 0 Å². The van der Waals surface area contributed by atoms with Gasteiger partial charge in [0.2, 0.25) is 0 Å². The summed E-state index contributed by atoms with van der Waals surface area (Å²) in [4.78, 5) is 40.1. The zero-order valence-electron chi connectivity index (χ0n) is 24.7. The molecule has 3 saturated carbocycles. The van der Waals surface area contributed by atoms with Crippen LogP contribution in [0, 0.1) is 29.1 Å². The van der Waals surface area contributed by atoms with E-state index >= 15 is 0 Å². The topological polar surface area (TPSA) is 129 Å². The Morgan fingerprint density at radius 3 is 2.44 bits per heavy atom. The average molecular weight is 578 g/mol. The van der Waals surface area contributed by atoms with E-state index in [9.17, 15) is 14.4 Å². The first-order valence-corrected chi connectivity index (χ1v) is 15.3. The van der Waals surface area contributed by atoms with Gasteiger partial charge in [-0.05, 0) is 31.1 Å². The molecular weight excluding hydrogens is 534 g/mol. The predicted molar refractivity (Wildman–Crippen MR) is 140 cm³/mol. The monoisotopic (exact) mass is 577 g/mol. The Hall–Kier alpha value is -1.79. The van der Waals surface area contributed by atoms with Gasteiger partial charge in [-0.15, -0.1) is 0 Å². The van der Waals surface area contributed by atoms with Crippen molar-refractivity contribution in [1.29, 1.82) is 0 Å². The molecule has 0 aromatic heterocycles. The van der Waals surface area contributed by atoms with Crippen molar-refractivity contribution in [3.05, 3.63) is 0 Å². The molecule has 7 rings (SSSR count). The van der Waals surface area contributed by atoms with Crippen molar-refractivity contribution in [2.24, 2.45) is 29.1 Å². The Morgan fingerprint density at radius 2 is 1.76 bits per heavy atom. The molecule has 11 heteroatoms. The third-order valence-electron chi connectivity index (χ3n) is 11.7. The minimum absolute atomic E-state index is 0.0127. The molecule has 11 atom stereocenters. The van der Waals surface area contributed by atoms with Crippen LogP contribution >= 0.6 is 0 Å². The van der Waals surface area contributed by atoms with Gasteiger partial charge in [0.15, 0.2) is 11.7 Å². The van der Waals surface area contributed by atoms with Gasteiger partial charge >= 0.3 is 17.9 Å². The molecule has 0 radical (unpaired) electrons. The van der Waals surface area contributed by atoms with Crippen molar-refractivity contribution < 1.29 is 47.5 Å². The summed E-state index contributed by atoms with van der Waals surface area (Å²) in [6, 6.07) is 0. The van der Waals surface area contributed by atoms with Crippen LogP contribution in [0.2, 0.25) is 0 Å². The first kappa shape index (κ1) is 28.0. The Morgan fingerprint density at radius 1 is 1.00 bits per heavy atom. The van der Waals surface area contributed by atoms with Crippen molar-refractivity contribution in [2.45, 2.75) is 95.1 Å². The Labute approximate surface area is 240 Å². The first-order chi connectivity index (χ1) is 19.5. The molecule has 3 unspecified atom stereocenters. The Bertz CT molecular complexity index is 1120. The van der Waals surface area contributed by atoms with Crippen LogP contribution in [-0.2, 0) is 47.5 Å². The standard InChI is InChI=1S/C30H43NO10/c1-16(2)28-23(40-28)24-30(41-24)27(5)7-6-19(25(34)36-13-10-31-8-11-35-12-9-31)20(15-37-17(3)32)21(27)14-22-29(30,39-22)26(28)38-18(4)33/h16,19-24,26H,6-15H2,1-5H3/t19?,20?,21?,22-,23-,24-,26+,27-,28-,29+,30+/m0/s1. The van der Waals surface area contributed by atoms with Crippen LogP contribution in [0.5, 0.6) is 0 Å². The van der Waals surface area contributed by atoms with Gasteiger partial charge in [-0.25, -0.2) is 0 Å². The number of nitrogens with zero attached hydrogens (tertiary/aromatic N) is 1. The van der Waals surface area contributed by atoms with E-state index in [1.54, 1.807) is 0 Å². The second-order valence-electron chi connectivity index (χ2n) is 13.7. The summed E-state index contributed by atoms with van der Waals surface area (Å²) < 4.78 is 42.7. The van der Waals surface area contributed by atoms with Crippen molar-refractivity contribution in [3.63, 3.8) is 0 Å². The van der Waals surface area contributed by atoms with Crippen molar-refractivity contribution in [2.75, 3.05) is 46.1 Å². The first-order valence-electron chi connectivity index (χ1n) is 15.3. The van der Waals surface area contributed by atoms with Crippen molar-refractivity contribution >= 4 is 17.9 Å². The van der Waals surface area contributed by atoms with E-state index in [0.717, 1.165) is 19.5 Å². The number of hydrogen-bond acceptors (Lipinski definition) is 11. The lowest BCUT2D eigenvalue weighted by Gasteiger charge is -2.57. The molecule has 41 heavy (non-hydrogen) atoms. The van der Waals surface area contributed by atoms with Crippen LogP contribution in [0.4, 0.5) is 0 Å². The second kappa shape index (κ2) is 9.35. The summed E-state index contributed by atoms with van der Waals surface area (Å²) >= 11 is 0. The number of carbonyl (C=O) groups excluding carboxylic acids is 3. The fourth-order valence-electron chi connectivity index (χ4n) is 9.66. The summed E-state index contributed by atoms with van der Waals surface area (Å²) in [7, 11) is 0. The van der Waals surface area contributed by atoms with Crippen LogP contribution in [0.15, 0.2) is 0 Å². The lowest BCUT2D eigenvalue weighted by atomic mass is 9.44. The number of ether oxygens (including phenoxy) is 7.